The Morgan fingerprint density at radius 2 is 1.75 bits per heavy atom. The van der Waals surface area contributed by atoms with E-state index in [0.29, 0.717) is 37.9 Å². The molecule has 0 saturated carbocycles. The average Bonchev–Trinajstić information content (AvgIpc) is 3.30. The molecule has 0 radical (unpaired) electrons. The number of fused-ring (bicyclic) bond motifs is 2. The normalized spacial score (nSPS) is 11.2. The van der Waals surface area contributed by atoms with E-state index >= 15 is 0 Å². The first kappa shape index (κ1) is 23.5. The molecule has 2 N–H and O–H groups in total. The summed E-state index contributed by atoms with van der Waals surface area (Å²) in [6.07, 6.45) is -0.492. The van der Waals surface area contributed by atoms with Crippen LogP contribution in [0.4, 0.5) is 4.79 Å². The minimum absolute atomic E-state index is 0.228. The van der Waals surface area contributed by atoms with Gasteiger partial charge in [0.2, 0.25) is 0 Å². The number of aromatic nitrogens is 2. The van der Waals surface area contributed by atoms with E-state index in [4.69, 9.17) is 41.7 Å². The van der Waals surface area contributed by atoms with Crippen molar-refractivity contribution in [1.29, 1.82) is 0 Å². The predicted molar refractivity (Wildman–Crippen MR) is 121 cm³/mol. The van der Waals surface area contributed by atoms with Crippen LogP contribution >= 0.6 is 23.2 Å². The van der Waals surface area contributed by atoms with Gasteiger partial charge in [-0.15, -0.1) is 0 Å². The fourth-order valence-electron chi connectivity index (χ4n) is 2.60. The summed E-state index contributed by atoms with van der Waals surface area (Å²) in [5.74, 6) is 0.307. The monoisotopic (exact) mass is 481 g/mol. The number of aromatic amines is 1. The highest BCUT2D eigenvalue weighted by atomic mass is 35.5. The average molecular weight is 482 g/mol. The van der Waals surface area contributed by atoms with Crippen LogP contribution in [-0.4, -0.2) is 35.2 Å². The number of rotatable bonds is 4. The lowest BCUT2D eigenvalue weighted by Crippen LogP contribution is -2.34. The van der Waals surface area contributed by atoms with Crippen LogP contribution in [0.2, 0.25) is 10.0 Å². The molecule has 170 valence electrons. The molecule has 1 amide bonds. The zero-order valence-electron chi connectivity index (χ0n) is 17.5. The molecule has 0 spiro atoms. The smallest absolute Gasteiger partial charge is 0.407 e. The fourth-order valence-corrected chi connectivity index (χ4v) is 3.10. The van der Waals surface area contributed by atoms with E-state index in [1.165, 1.54) is 0 Å². The molecule has 0 aliphatic rings. The second kappa shape index (κ2) is 9.97. The Balaban J connectivity index is 0.000000219. The van der Waals surface area contributed by atoms with Gasteiger partial charge in [-0.05, 0) is 50.2 Å². The summed E-state index contributed by atoms with van der Waals surface area (Å²) in [5, 5.41) is 10.5. The lowest BCUT2D eigenvalue weighted by atomic mass is 10.2. The van der Waals surface area contributed by atoms with E-state index in [1.54, 1.807) is 57.2 Å². The van der Waals surface area contributed by atoms with Gasteiger partial charge in [0.05, 0.1) is 16.6 Å². The molecule has 0 bridgehead atoms. The molecule has 32 heavy (non-hydrogen) atoms. The Hall–Kier alpha value is -3.17. The van der Waals surface area contributed by atoms with Crippen molar-refractivity contribution in [3.63, 3.8) is 0 Å². The highest BCUT2D eigenvalue weighted by molar-refractivity contribution is 6.36. The van der Waals surface area contributed by atoms with Crippen LogP contribution in [0.3, 0.4) is 0 Å². The maximum atomic E-state index is 11.4. The number of hydrogen-bond acceptors (Lipinski definition) is 7. The highest BCUT2D eigenvalue weighted by Gasteiger charge is 2.16. The molecule has 0 atom stereocenters. The minimum Gasteiger partial charge on any atom is -0.473 e. The third-order valence-electron chi connectivity index (χ3n) is 3.88. The van der Waals surface area contributed by atoms with Gasteiger partial charge in [0.15, 0.2) is 11.2 Å². The molecular formula is C21H21Cl2N3O6. The van der Waals surface area contributed by atoms with Crippen molar-refractivity contribution in [3.05, 3.63) is 56.8 Å². The van der Waals surface area contributed by atoms with Gasteiger partial charge in [0.25, 0.3) is 11.4 Å². The molecule has 4 aromatic rings. The first-order valence-electron chi connectivity index (χ1n) is 9.55. The summed E-state index contributed by atoms with van der Waals surface area (Å²) >= 11 is 11.8. The molecule has 2 heterocycles. The maximum absolute atomic E-state index is 11.4. The minimum atomic E-state index is -0.527. The number of amides is 1. The Morgan fingerprint density at radius 1 is 1.09 bits per heavy atom. The van der Waals surface area contributed by atoms with Gasteiger partial charge in [0.1, 0.15) is 23.0 Å². The summed E-state index contributed by atoms with van der Waals surface area (Å²) in [6.45, 7) is 5.91. The van der Waals surface area contributed by atoms with Gasteiger partial charge < -0.3 is 23.8 Å². The number of benzene rings is 2. The van der Waals surface area contributed by atoms with Crippen LogP contribution in [0.5, 0.6) is 5.88 Å². The first-order valence-corrected chi connectivity index (χ1v) is 10.3. The van der Waals surface area contributed by atoms with Gasteiger partial charge >= 0.3 is 6.09 Å². The summed E-state index contributed by atoms with van der Waals surface area (Å²) < 4.78 is 20.5. The number of carbonyl (C=O) groups is 1. The van der Waals surface area contributed by atoms with Gasteiger partial charge in [-0.3, -0.25) is 4.79 Å². The zero-order chi connectivity index (χ0) is 23.3. The van der Waals surface area contributed by atoms with Crippen LogP contribution in [-0.2, 0) is 4.74 Å². The summed E-state index contributed by atoms with van der Waals surface area (Å²) in [6, 6.07) is 10.3. The van der Waals surface area contributed by atoms with Gasteiger partial charge in [0, 0.05) is 0 Å². The number of ether oxygens (including phenoxy) is 2. The SMILES string of the molecule is CC(C)(C)OC(=O)NCCOc1noc2cccc(Cl)c12.O=c1[nH]oc2cccc(Cl)c12. The van der Waals surface area contributed by atoms with E-state index in [-0.39, 0.29) is 18.7 Å². The third-order valence-corrected chi connectivity index (χ3v) is 4.51. The predicted octanol–water partition coefficient (Wildman–Crippen LogP) is 5.16. The molecule has 11 heteroatoms. The first-order chi connectivity index (χ1) is 15.2. The molecule has 2 aromatic carbocycles. The van der Waals surface area contributed by atoms with Crippen molar-refractivity contribution in [2.75, 3.05) is 13.2 Å². The molecule has 0 saturated heterocycles. The lowest BCUT2D eigenvalue weighted by molar-refractivity contribution is 0.0519. The Kier molecular flexibility index (Phi) is 7.32. The van der Waals surface area contributed by atoms with Crippen molar-refractivity contribution in [1.82, 2.24) is 15.6 Å². The number of nitrogens with one attached hydrogen (secondary N) is 2. The fraction of sp³-hybridized carbons (Fsp3) is 0.286. The second-order valence-electron chi connectivity index (χ2n) is 7.52. The number of halogens is 2. The van der Waals surface area contributed by atoms with Gasteiger partial charge in [-0.1, -0.05) is 35.3 Å². The van der Waals surface area contributed by atoms with Crippen molar-refractivity contribution in [3.8, 4) is 5.88 Å². The van der Waals surface area contributed by atoms with Crippen molar-refractivity contribution >= 4 is 51.2 Å². The van der Waals surface area contributed by atoms with E-state index in [9.17, 15) is 9.59 Å². The lowest BCUT2D eigenvalue weighted by Gasteiger charge is -2.19. The summed E-state index contributed by atoms with van der Waals surface area (Å²) in [5.41, 5.74) is 0.228. The van der Waals surface area contributed by atoms with Crippen molar-refractivity contribution in [2.24, 2.45) is 0 Å². The van der Waals surface area contributed by atoms with Crippen LogP contribution in [0, 0.1) is 0 Å². The standard InChI is InChI=1S/C14H17ClN2O4.C7H4ClNO2/c1-14(2,3)20-13(18)16-7-8-19-12-11-9(15)5-4-6-10(11)21-17-12;8-4-2-1-3-5-6(4)7(10)9-11-5/h4-6H,7-8H2,1-3H3,(H,16,18);1-3H,(H,9,10). The Morgan fingerprint density at radius 3 is 2.41 bits per heavy atom. The third kappa shape index (κ3) is 5.95. The number of hydrogen-bond donors (Lipinski definition) is 2. The molecule has 0 aliphatic heterocycles. The molecule has 9 nitrogen and oxygen atoms in total. The summed E-state index contributed by atoms with van der Waals surface area (Å²) in [4.78, 5) is 22.4. The van der Waals surface area contributed by atoms with E-state index < -0.39 is 11.7 Å². The Labute approximate surface area is 192 Å². The Bertz CT molecular complexity index is 1270. The summed E-state index contributed by atoms with van der Waals surface area (Å²) in [7, 11) is 0. The van der Waals surface area contributed by atoms with Crippen molar-refractivity contribution in [2.45, 2.75) is 26.4 Å². The number of alkyl carbamates (subject to hydrolysis) is 1. The molecule has 0 unspecified atom stereocenters. The van der Waals surface area contributed by atoms with E-state index in [2.05, 4.69) is 15.6 Å². The molecular weight excluding hydrogens is 461 g/mol. The van der Waals surface area contributed by atoms with Crippen LogP contribution < -0.4 is 15.6 Å². The number of H-pyrrole nitrogens is 1. The van der Waals surface area contributed by atoms with Gasteiger partial charge in [-0.2, -0.15) is 5.16 Å². The quantitative estimate of drug-likeness (QED) is 0.386. The van der Waals surface area contributed by atoms with Gasteiger partial charge in [-0.25, -0.2) is 4.79 Å². The van der Waals surface area contributed by atoms with E-state index in [1.807, 2.05) is 0 Å². The van der Waals surface area contributed by atoms with Crippen LogP contribution in [0.1, 0.15) is 20.8 Å². The van der Waals surface area contributed by atoms with Crippen LogP contribution in [0.15, 0.2) is 50.2 Å². The van der Waals surface area contributed by atoms with Crippen LogP contribution in [0.25, 0.3) is 21.9 Å². The molecule has 2 aromatic heterocycles. The number of nitrogens with zero attached hydrogens (tertiary/aromatic N) is 1. The van der Waals surface area contributed by atoms with E-state index in [0.717, 1.165) is 0 Å². The maximum Gasteiger partial charge on any atom is 0.407 e. The zero-order valence-corrected chi connectivity index (χ0v) is 19.0. The molecule has 4 rings (SSSR count). The topological polar surface area (TPSA) is 120 Å². The molecule has 0 aliphatic carbocycles. The highest BCUT2D eigenvalue weighted by Crippen LogP contribution is 2.31. The largest absolute Gasteiger partial charge is 0.473 e. The van der Waals surface area contributed by atoms with Crippen molar-refractivity contribution < 1.29 is 23.3 Å². The number of carbonyl (C=O) groups excluding carboxylic acids is 1. The molecule has 0 fully saturated rings. The second-order valence-corrected chi connectivity index (χ2v) is 8.34.